The number of benzene rings is 9. The van der Waals surface area contributed by atoms with Crippen LogP contribution in [-0.4, -0.2) is 14.1 Å². The van der Waals surface area contributed by atoms with Gasteiger partial charge in [-0.25, -0.2) is 4.98 Å². The fraction of sp³-hybridized carbons (Fsp3) is 0. The van der Waals surface area contributed by atoms with Crippen LogP contribution in [0.1, 0.15) is 0 Å². The Morgan fingerprint density at radius 3 is 1.45 bits per heavy atom. The summed E-state index contributed by atoms with van der Waals surface area (Å²) in [6.07, 6.45) is 0. The number of hydrogen-bond donors (Lipinski definition) is 0. The Bertz CT molecular complexity index is 3590. The molecule has 290 valence electrons. The van der Waals surface area contributed by atoms with Gasteiger partial charge in [-0.2, -0.15) is 0 Å². The number of fused-ring (bicyclic) bond motifs is 7. The van der Waals surface area contributed by atoms with E-state index in [0.29, 0.717) is 0 Å². The maximum Gasteiger partial charge on any atom is 0.138 e. The van der Waals surface area contributed by atoms with Gasteiger partial charge in [-0.3, -0.25) is 4.57 Å². The fourth-order valence-electron chi connectivity index (χ4n) is 9.44. The first-order chi connectivity index (χ1) is 30.8. The van der Waals surface area contributed by atoms with E-state index in [1.54, 1.807) is 0 Å². The van der Waals surface area contributed by atoms with Crippen LogP contribution in [0.3, 0.4) is 0 Å². The van der Waals surface area contributed by atoms with Crippen molar-refractivity contribution in [2.24, 2.45) is 0 Å². The van der Waals surface area contributed by atoms with Gasteiger partial charge in [-0.05, 0) is 87.0 Å². The monoisotopic (exact) mass is 789 g/mol. The first kappa shape index (κ1) is 35.7. The van der Waals surface area contributed by atoms with Crippen LogP contribution < -0.4 is 0 Å². The van der Waals surface area contributed by atoms with E-state index >= 15 is 0 Å². The molecule has 0 radical (unpaired) electrons. The second-order valence-corrected chi connectivity index (χ2v) is 15.9. The maximum absolute atomic E-state index is 5.61. The second-order valence-electron chi connectivity index (χ2n) is 15.9. The molecule has 0 unspecified atom stereocenters. The number of nitrogens with zero attached hydrogens (tertiary/aromatic N) is 3. The van der Waals surface area contributed by atoms with Crippen LogP contribution in [0.25, 0.3) is 111 Å². The van der Waals surface area contributed by atoms with Gasteiger partial charge in [0.05, 0.1) is 27.8 Å². The van der Waals surface area contributed by atoms with Crippen molar-refractivity contribution in [3.8, 4) is 67.3 Å². The van der Waals surface area contributed by atoms with E-state index < -0.39 is 0 Å². The molecule has 0 spiro atoms. The van der Waals surface area contributed by atoms with Crippen LogP contribution in [0.2, 0.25) is 0 Å². The van der Waals surface area contributed by atoms with Crippen LogP contribution in [0.15, 0.2) is 237 Å². The van der Waals surface area contributed by atoms with Crippen molar-refractivity contribution < 1.29 is 0 Å². The number of aromatic nitrogens is 3. The van der Waals surface area contributed by atoms with Crippen LogP contribution in [0.5, 0.6) is 0 Å². The molecule has 9 aromatic carbocycles. The SMILES string of the molecule is c1ccc(-c2ccc(-c3cc(-c4ccccc4)nc(-n4c5ccccc5c5c(-c6ccccc6)cc6c7ccccc7n(-c7cccc(-c8ccccc8)c7)c6c54)c3)cc2)cc1. The quantitative estimate of drug-likeness (QED) is 0.158. The molecule has 0 fully saturated rings. The average molecular weight is 790 g/mol. The second kappa shape index (κ2) is 14.8. The van der Waals surface area contributed by atoms with Gasteiger partial charge in [-0.1, -0.05) is 194 Å². The summed E-state index contributed by atoms with van der Waals surface area (Å²) in [6.45, 7) is 0. The van der Waals surface area contributed by atoms with Gasteiger partial charge in [0.1, 0.15) is 5.82 Å². The first-order valence-electron chi connectivity index (χ1n) is 21.2. The van der Waals surface area contributed by atoms with E-state index in [9.17, 15) is 0 Å². The molecule has 3 heterocycles. The molecule has 0 aliphatic rings. The highest BCUT2D eigenvalue weighted by atomic mass is 15.1. The molecule has 12 rings (SSSR count). The van der Waals surface area contributed by atoms with E-state index in [1.165, 1.54) is 54.9 Å². The lowest BCUT2D eigenvalue weighted by molar-refractivity contribution is 1.08. The van der Waals surface area contributed by atoms with Crippen molar-refractivity contribution >= 4 is 43.6 Å². The molecule has 0 atom stereocenters. The summed E-state index contributed by atoms with van der Waals surface area (Å²) in [7, 11) is 0. The zero-order valence-electron chi connectivity index (χ0n) is 33.9. The third-order valence-corrected chi connectivity index (χ3v) is 12.3. The fourth-order valence-corrected chi connectivity index (χ4v) is 9.44. The molecule has 12 aromatic rings. The largest absolute Gasteiger partial charge is 0.307 e. The van der Waals surface area contributed by atoms with E-state index in [2.05, 4.69) is 246 Å². The summed E-state index contributed by atoms with van der Waals surface area (Å²) in [4.78, 5) is 5.61. The molecule has 3 nitrogen and oxygen atoms in total. The van der Waals surface area contributed by atoms with E-state index in [0.717, 1.165) is 56.0 Å². The molecular formula is C59H39N3. The molecule has 0 N–H and O–H groups in total. The zero-order valence-corrected chi connectivity index (χ0v) is 33.9. The highest BCUT2D eigenvalue weighted by Gasteiger charge is 2.25. The van der Waals surface area contributed by atoms with Gasteiger partial charge in [0.2, 0.25) is 0 Å². The normalized spacial score (nSPS) is 11.5. The predicted molar refractivity (Wildman–Crippen MR) is 260 cm³/mol. The summed E-state index contributed by atoms with van der Waals surface area (Å²) in [6, 6.07) is 85.2. The van der Waals surface area contributed by atoms with Gasteiger partial charge >= 0.3 is 0 Å². The maximum atomic E-state index is 5.61. The topological polar surface area (TPSA) is 22.8 Å². The standard InChI is InChI=1S/C59H39N3/c1-5-18-40(19-6-1)42-32-34-43(35-33-42)47-37-53(45-24-11-4-12-25-45)60-56(38-47)62-55-31-16-14-29-50(55)57-51(44-22-9-3-10-23-44)39-52-49-28-13-15-30-54(49)61(58(52)59(57)62)48-27-17-26-46(36-48)41-20-7-2-8-21-41/h1-39H. The van der Waals surface area contributed by atoms with Gasteiger partial charge in [0.15, 0.2) is 0 Å². The molecule has 3 heteroatoms. The minimum atomic E-state index is 0.862. The number of rotatable bonds is 7. The lowest BCUT2D eigenvalue weighted by Crippen LogP contribution is -2.02. The Balaban J connectivity index is 1.22. The third kappa shape index (κ3) is 5.94. The van der Waals surface area contributed by atoms with Gasteiger partial charge in [-0.15, -0.1) is 0 Å². The highest BCUT2D eigenvalue weighted by molar-refractivity contribution is 6.28. The van der Waals surface area contributed by atoms with Crippen molar-refractivity contribution in [2.45, 2.75) is 0 Å². The number of pyridine rings is 1. The average Bonchev–Trinajstić information content (AvgIpc) is 3.88. The van der Waals surface area contributed by atoms with Crippen LogP contribution >= 0.6 is 0 Å². The summed E-state index contributed by atoms with van der Waals surface area (Å²) >= 11 is 0. The van der Waals surface area contributed by atoms with Crippen molar-refractivity contribution in [3.05, 3.63) is 237 Å². The smallest absolute Gasteiger partial charge is 0.138 e. The Morgan fingerprint density at radius 2 is 0.790 bits per heavy atom. The lowest BCUT2D eigenvalue weighted by Gasteiger charge is -2.16. The predicted octanol–water partition coefficient (Wildman–Crippen LogP) is 15.6. The molecule has 3 aromatic heterocycles. The highest BCUT2D eigenvalue weighted by Crippen LogP contribution is 2.47. The first-order valence-corrected chi connectivity index (χ1v) is 21.2. The number of hydrogen-bond acceptors (Lipinski definition) is 1. The molecule has 0 saturated heterocycles. The molecule has 0 amide bonds. The Kier molecular flexibility index (Phi) is 8.50. The molecule has 0 bridgehead atoms. The van der Waals surface area contributed by atoms with Crippen LogP contribution in [-0.2, 0) is 0 Å². The molecule has 0 aliphatic carbocycles. The summed E-state index contributed by atoms with van der Waals surface area (Å²) < 4.78 is 4.91. The van der Waals surface area contributed by atoms with Gasteiger partial charge < -0.3 is 4.57 Å². The van der Waals surface area contributed by atoms with Crippen molar-refractivity contribution in [3.63, 3.8) is 0 Å². The minimum Gasteiger partial charge on any atom is -0.307 e. The van der Waals surface area contributed by atoms with Crippen molar-refractivity contribution in [2.75, 3.05) is 0 Å². The minimum absolute atomic E-state index is 0.862. The Morgan fingerprint density at radius 1 is 0.290 bits per heavy atom. The summed E-state index contributed by atoms with van der Waals surface area (Å²) in [5.41, 5.74) is 17.0. The van der Waals surface area contributed by atoms with Gasteiger partial charge in [0.25, 0.3) is 0 Å². The van der Waals surface area contributed by atoms with E-state index in [1.807, 2.05) is 0 Å². The number of para-hydroxylation sites is 2. The van der Waals surface area contributed by atoms with Crippen molar-refractivity contribution in [1.29, 1.82) is 0 Å². The van der Waals surface area contributed by atoms with E-state index in [-0.39, 0.29) is 0 Å². The Hall–Kier alpha value is -8.27. The Labute approximate surface area is 360 Å². The van der Waals surface area contributed by atoms with E-state index in [4.69, 9.17) is 4.98 Å². The van der Waals surface area contributed by atoms with Crippen LogP contribution in [0, 0.1) is 0 Å². The third-order valence-electron chi connectivity index (χ3n) is 12.3. The van der Waals surface area contributed by atoms with Crippen LogP contribution in [0.4, 0.5) is 0 Å². The zero-order chi connectivity index (χ0) is 41.0. The molecule has 0 saturated carbocycles. The molecule has 62 heavy (non-hydrogen) atoms. The summed E-state index contributed by atoms with van der Waals surface area (Å²) in [5, 5.41) is 4.77. The molecule has 0 aliphatic heterocycles. The van der Waals surface area contributed by atoms with Gasteiger partial charge in [0, 0.05) is 32.8 Å². The summed E-state index contributed by atoms with van der Waals surface area (Å²) in [5.74, 6) is 0.862. The molecular weight excluding hydrogens is 751 g/mol. The van der Waals surface area contributed by atoms with Crippen molar-refractivity contribution in [1.82, 2.24) is 14.1 Å². The lowest BCUT2D eigenvalue weighted by atomic mass is 9.96.